The molecular weight excluding hydrogens is 289 g/mol. The summed E-state index contributed by atoms with van der Waals surface area (Å²) in [5, 5.41) is 5.04. The molecule has 3 heteroatoms. The zero-order chi connectivity index (χ0) is 16.1. The van der Waals surface area contributed by atoms with Crippen LogP contribution in [0.5, 0.6) is 0 Å². The van der Waals surface area contributed by atoms with Gasteiger partial charge in [0.15, 0.2) is 0 Å². The van der Waals surface area contributed by atoms with E-state index in [0.29, 0.717) is 6.54 Å². The predicted octanol–water partition coefficient (Wildman–Crippen LogP) is 4.31. The molecule has 0 aromatic heterocycles. The third-order valence-electron chi connectivity index (χ3n) is 3.62. The van der Waals surface area contributed by atoms with Crippen molar-refractivity contribution < 1.29 is 9.18 Å². The van der Waals surface area contributed by atoms with Gasteiger partial charge >= 0.3 is 0 Å². The van der Waals surface area contributed by atoms with E-state index in [1.807, 2.05) is 48.5 Å². The fraction of sp³-hybridized carbons (Fsp3) is 0.0500. The van der Waals surface area contributed by atoms with E-state index in [2.05, 4.69) is 5.32 Å². The topological polar surface area (TPSA) is 29.1 Å². The number of rotatable bonds is 4. The van der Waals surface area contributed by atoms with Crippen molar-refractivity contribution in [3.8, 4) is 0 Å². The average molecular weight is 305 g/mol. The molecule has 0 radical (unpaired) electrons. The molecule has 0 saturated heterocycles. The SMILES string of the molecule is O=C(C=Cc1cccc2ccccc12)NCc1ccc(F)cc1. The first-order chi connectivity index (χ1) is 11.2. The summed E-state index contributed by atoms with van der Waals surface area (Å²) in [5.41, 5.74) is 1.86. The van der Waals surface area contributed by atoms with E-state index in [1.165, 1.54) is 18.2 Å². The highest BCUT2D eigenvalue weighted by molar-refractivity contribution is 5.96. The van der Waals surface area contributed by atoms with Gasteiger partial charge in [-0.25, -0.2) is 4.39 Å². The molecule has 2 nitrogen and oxygen atoms in total. The molecule has 3 rings (SSSR count). The molecule has 1 amide bonds. The predicted molar refractivity (Wildman–Crippen MR) is 91.2 cm³/mol. The molecule has 114 valence electrons. The van der Waals surface area contributed by atoms with Crippen molar-refractivity contribution in [3.63, 3.8) is 0 Å². The van der Waals surface area contributed by atoms with Crippen LogP contribution in [-0.2, 0) is 11.3 Å². The maximum atomic E-state index is 12.8. The first kappa shape index (κ1) is 15.0. The molecule has 0 unspecified atom stereocenters. The summed E-state index contributed by atoms with van der Waals surface area (Å²) in [4.78, 5) is 11.9. The van der Waals surface area contributed by atoms with E-state index in [1.54, 1.807) is 12.1 Å². The third-order valence-corrected chi connectivity index (χ3v) is 3.62. The van der Waals surface area contributed by atoms with Crippen molar-refractivity contribution in [1.82, 2.24) is 5.32 Å². The van der Waals surface area contributed by atoms with Gasteiger partial charge in [-0.2, -0.15) is 0 Å². The Morgan fingerprint density at radius 2 is 1.70 bits per heavy atom. The summed E-state index contributed by atoms with van der Waals surface area (Å²) >= 11 is 0. The van der Waals surface area contributed by atoms with Gasteiger partial charge in [0.1, 0.15) is 5.82 Å². The van der Waals surface area contributed by atoms with Crippen molar-refractivity contribution in [2.45, 2.75) is 6.54 Å². The van der Waals surface area contributed by atoms with Gasteiger partial charge in [0.25, 0.3) is 0 Å². The van der Waals surface area contributed by atoms with E-state index < -0.39 is 0 Å². The highest BCUT2D eigenvalue weighted by Crippen LogP contribution is 2.19. The summed E-state index contributed by atoms with van der Waals surface area (Å²) in [5.74, 6) is -0.460. The van der Waals surface area contributed by atoms with Crippen LogP contribution in [0.3, 0.4) is 0 Å². The molecule has 0 aliphatic carbocycles. The lowest BCUT2D eigenvalue weighted by Crippen LogP contribution is -2.20. The Labute approximate surface area is 134 Å². The van der Waals surface area contributed by atoms with Crippen LogP contribution in [0, 0.1) is 5.82 Å². The Morgan fingerprint density at radius 1 is 0.957 bits per heavy atom. The van der Waals surface area contributed by atoms with Crippen LogP contribution in [0.15, 0.2) is 72.8 Å². The Balaban J connectivity index is 1.67. The minimum Gasteiger partial charge on any atom is -0.348 e. The highest BCUT2D eigenvalue weighted by Gasteiger charge is 2.00. The van der Waals surface area contributed by atoms with Crippen LogP contribution in [-0.4, -0.2) is 5.91 Å². The number of halogens is 1. The number of hydrogen-bond acceptors (Lipinski definition) is 1. The largest absolute Gasteiger partial charge is 0.348 e. The minimum absolute atomic E-state index is 0.178. The quantitative estimate of drug-likeness (QED) is 0.715. The van der Waals surface area contributed by atoms with Gasteiger partial charge in [0.2, 0.25) is 5.91 Å². The van der Waals surface area contributed by atoms with Crippen LogP contribution in [0.25, 0.3) is 16.8 Å². The zero-order valence-corrected chi connectivity index (χ0v) is 12.5. The number of nitrogens with one attached hydrogen (secondary N) is 1. The molecule has 23 heavy (non-hydrogen) atoms. The van der Waals surface area contributed by atoms with Crippen molar-refractivity contribution in [1.29, 1.82) is 0 Å². The summed E-state index contributed by atoms with van der Waals surface area (Å²) in [6.45, 7) is 0.374. The molecule has 0 bridgehead atoms. The van der Waals surface area contributed by atoms with Gasteiger partial charge < -0.3 is 5.32 Å². The van der Waals surface area contributed by atoms with E-state index in [4.69, 9.17) is 0 Å². The lowest BCUT2D eigenvalue weighted by atomic mass is 10.0. The summed E-state index contributed by atoms with van der Waals surface area (Å²) in [7, 11) is 0. The molecule has 3 aromatic rings. The Bertz CT molecular complexity index is 848. The second kappa shape index (κ2) is 6.88. The normalized spacial score (nSPS) is 11.0. The number of fused-ring (bicyclic) bond motifs is 1. The lowest BCUT2D eigenvalue weighted by molar-refractivity contribution is -0.116. The molecule has 0 aliphatic rings. The van der Waals surface area contributed by atoms with Gasteiger partial charge in [-0.3, -0.25) is 4.79 Å². The molecule has 0 spiro atoms. The Morgan fingerprint density at radius 3 is 2.52 bits per heavy atom. The number of amides is 1. The van der Waals surface area contributed by atoms with Gasteiger partial charge in [-0.1, -0.05) is 54.6 Å². The van der Waals surface area contributed by atoms with E-state index in [-0.39, 0.29) is 11.7 Å². The number of carbonyl (C=O) groups is 1. The van der Waals surface area contributed by atoms with Gasteiger partial charge in [0, 0.05) is 12.6 Å². The monoisotopic (exact) mass is 305 g/mol. The van der Waals surface area contributed by atoms with Gasteiger partial charge in [0.05, 0.1) is 0 Å². The number of benzene rings is 3. The highest BCUT2D eigenvalue weighted by atomic mass is 19.1. The number of carbonyl (C=O) groups excluding carboxylic acids is 1. The average Bonchev–Trinajstić information content (AvgIpc) is 2.59. The van der Waals surface area contributed by atoms with Gasteiger partial charge in [-0.15, -0.1) is 0 Å². The minimum atomic E-state index is -0.282. The van der Waals surface area contributed by atoms with Crippen LogP contribution < -0.4 is 5.32 Å². The van der Waals surface area contributed by atoms with Crippen molar-refractivity contribution in [2.24, 2.45) is 0 Å². The second-order valence-corrected chi connectivity index (χ2v) is 5.25. The molecule has 1 N–H and O–H groups in total. The maximum Gasteiger partial charge on any atom is 0.244 e. The van der Waals surface area contributed by atoms with Crippen LogP contribution in [0.2, 0.25) is 0 Å². The van der Waals surface area contributed by atoms with E-state index in [0.717, 1.165) is 21.9 Å². The zero-order valence-electron chi connectivity index (χ0n) is 12.5. The van der Waals surface area contributed by atoms with Gasteiger partial charge in [-0.05, 0) is 40.1 Å². The summed E-state index contributed by atoms with van der Waals surface area (Å²) in [6.07, 6.45) is 3.33. The molecule has 0 heterocycles. The first-order valence-corrected chi connectivity index (χ1v) is 7.40. The second-order valence-electron chi connectivity index (χ2n) is 5.25. The molecule has 3 aromatic carbocycles. The standard InChI is InChI=1S/C20H16FNO/c21-18-11-8-15(9-12-18)14-22-20(23)13-10-17-6-3-5-16-4-1-2-7-19(16)17/h1-13H,14H2,(H,22,23). The summed E-state index contributed by atoms with van der Waals surface area (Å²) in [6, 6.07) is 20.1. The smallest absolute Gasteiger partial charge is 0.244 e. The molecule has 0 aliphatic heterocycles. The fourth-order valence-electron chi connectivity index (χ4n) is 2.41. The molecule has 0 atom stereocenters. The number of hydrogen-bond donors (Lipinski definition) is 1. The van der Waals surface area contributed by atoms with Crippen LogP contribution in [0.1, 0.15) is 11.1 Å². The lowest BCUT2D eigenvalue weighted by Gasteiger charge is -2.03. The molecule has 0 saturated carbocycles. The maximum absolute atomic E-state index is 12.8. The van der Waals surface area contributed by atoms with E-state index in [9.17, 15) is 9.18 Å². The van der Waals surface area contributed by atoms with Crippen molar-refractivity contribution >= 4 is 22.8 Å². The first-order valence-electron chi connectivity index (χ1n) is 7.40. The summed E-state index contributed by atoms with van der Waals surface area (Å²) < 4.78 is 12.8. The van der Waals surface area contributed by atoms with E-state index >= 15 is 0 Å². The van der Waals surface area contributed by atoms with Crippen LogP contribution >= 0.6 is 0 Å². The fourth-order valence-corrected chi connectivity index (χ4v) is 2.41. The molecule has 0 fully saturated rings. The Kier molecular flexibility index (Phi) is 4.48. The van der Waals surface area contributed by atoms with Crippen LogP contribution in [0.4, 0.5) is 4.39 Å². The Hall–Kier alpha value is -2.94. The van der Waals surface area contributed by atoms with Crippen molar-refractivity contribution in [3.05, 3.63) is 89.8 Å². The molecular formula is C20H16FNO. The van der Waals surface area contributed by atoms with Crippen molar-refractivity contribution in [2.75, 3.05) is 0 Å². The third kappa shape index (κ3) is 3.83.